The van der Waals surface area contributed by atoms with Crippen molar-refractivity contribution in [2.45, 2.75) is 50.2 Å². The van der Waals surface area contributed by atoms with E-state index in [1.807, 2.05) is 0 Å². The highest BCUT2D eigenvalue weighted by Gasteiger charge is 2.35. The number of hydrogen-bond acceptors (Lipinski definition) is 8. The second-order valence-electron chi connectivity index (χ2n) is 12.8. The summed E-state index contributed by atoms with van der Waals surface area (Å²) >= 11 is 0. The second kappa shape index (κ2) is 17.6. The highest BCUT2D eigenvalue weighted by atomic mass is 19.4. The zero-order chi connectivity index (χ0) is 40.6. The first-order chi connectivity index (χ1) is 26.5. The van der Waals surface area contributed by atoms with Gasteiger partial charge in [0.2, 0.25) is 0 Å². The molecule has 4 aromatic rings. The first-order valence-corrected chi connectivity index (χ1v) is 17.3. The van der Waals surface area contributed by atoms with Crippen LogP contribution in [0.2, 0.25) is 0 Å². The van der Waals surface area contributed by atoms with Crippen LogP contribution in [0.4, 0.5) is 47.6 Å². The van der Waals surface area contributed by atoms with Crippen LogP contribution in [-0.4, -0.2) is 79.8 Å². The third-order valence-electron chi connectivity index (χ3n) is 8.82. The van der Waals surface area contributed by atoms with Crippen molar-refractivity contribution >= 4 is 23.7 Å². The van der Waals surface area contributed by atoms with Gasteiger partial charge in [0, 0.05) is 78.1 Å². The first-order valence-electron chi connectivity index (χ1n) is 17.3. The zero-order valence-electron chi connectivity index (χ0n) is 30.1. The van der Waals surface area contributed by atoms with Gasteiger partial charge in [-0.25, -0.2) is 19.0 Å². The molecule has 4 amide bonds. The van der Waals surface area contributed by atoms with Gasteiger partial charge < -0.3 is 19.3 Å². The molecule has 2 aliphatic rings. The number of carbonyl (C=O) groups is 2. The molecule has 2 aromatic heterocycles. The summed E-state index contributed by atoms with van der Waals surface area (Å²) in [4.78, 5) is 50.4. The number of likely N-dealkylation sites (tertiary alicyclic amines) is 2. The van der Waals surface area contributed by atoms with E-state index >= 15 is 0 Å². The van der Waals surface area contributed by atoms with Crippen LogP contribution in [0.15, 0.2) is 82.4 Å². The van der Waals surface area contributed by atoms with Crippen molar-refractivity contribution in [1.29, 1.82) is 0 Å². The van der Waals surface area contributed by atoms with Crippen LogP contribution in [0, 0.1) is 0 Å². The Morgan fingerprint density at radius 3 is 1.50 bits per heavy atom. The van der Waals surface area contributed by atoms with Crippen LogP contribution in [0.3, 0.4) is 0 Å². The minimum atomic E-state index is -4.49. The van der Waals surface area contributed by atoms with Crippen molar-refractivity contribution in [3.8, 4) is 11.5 Å². The summed E-state index contributed by atoms with van der Waals surface area (Å²) in [5.41, 5.74) is -2.11. The number of amides is 4. The standard InChI is InChI=1S/2C18H19F3N4O3/c1-24-16(26)7-6-15(23-24)22-17(27)25-10-8-14(9-11-25)28-13-4-2-12(3-5-13)18(19,20)21;1-24-16(26)7-6-15(23-24)22-17(27)25-10-8-12(9-11-25)28-14-5-3-2-4-13(14)18(19,20)21/h2-7,14H,8-11H2,1H3,(H,22,23,27);2-7,12H,8-11H2,1H3,(H,22,23,27). The van der Waals surface area contributed by atoms with E-state index < -0.39 is 29.6 Å². The Morgan fingerprint density at radius 2 is 1.07 bits per heavy atom. The van der Waals surface area contributed by atoms with Crippen molar-refractivity contribution in [3.63, 3.8) is 0 Å². The Morgan fingerprint density at radius 1 is 0.625 bits per heavy atom. The summed E-state index contributed by atoms with van der Waals surface area (Å²) in [7, 11) is 2.96. The largest absolute Gasteiger partial charge is 0.490 e. The Bertz CT molecular complexity index is 2090. The molecule has 0 radical (unpaired) electrons. The van der Waals surface area contributed by atoms with E-state index in [0.29, 0.717) is 57.6 Å². The Kier molecular flexibility index (Phi) is 12.9. The molecule has 0 atom stereocenters. The molecule has 0 bridgehead atoms. The van der Waals surface area contributed by atoms with Crippen LogP contribution in [0.25, 0.3) is 0 Å². The lowest BCUT2D eigenvalue weighted by atomic mass is 10.1. The van der Waals surface area contributed by atoms with E-state index in [1.165, 1.54) is 73.6 Å². The highest BCUT2D eigenvalue weighted by Crippen LogP contribution is 2.37. The van der Waals surface area contributed by atoms with Crippen molar-refractivity contribution in [1.82, 2.24) is 29.4 Å². The summed E-state index contributed by atoms with van der Waals surface area (Å²) < 4.78 is 90.5. The maximum atomic E-state index is 13.1. The third-order valence-corrected chi connectivity index (χ3v) is 8.82. The third kappa shape index (κ3) is 11.2. The number of para-hydroxylation sites is 1. The molecule has 2 N–H and O–H groups in total. The zero-order valence-corrected chi connectivity index (χ0v) is 30.1. The molecule has 20 heteroatoms. The minimum absolute atomic E-state index is 0.184. The molecule has 4 heterocycles. The maximum absolute atomic E-state index is 13.1. The van der Waals surface area contributed by atoms with Gasteiger partial charge in [0.15, 0.2) is 11.6 Å². The van der Waals surface area contributed by atoms with Crippen LogP contribution >= 0.6 is 0 Å². The number of nitrogens with one attached hydrogen (secondary N) is 2. The fourth-order valence-electron chi connectivity index (χ4n) is 5.77. The number of aromatic nitrogens is 4. The quantitative estimate of drug-likeness (QED) is 0.234. The molecule has 0 saturated carbocycles. The summed E-state index contributed by atoms with van der Waals surface area (Å²) in [5.74, 6) is 0.678. The van der Waals surface area contributed by atoms with Crippen molar-refractivity contribution in [2.24, 2.45) is 14.1 Å². The van der Waals surface area contributed by atoms with Gasteiger partial charge >= 0.3 is 24.4 Å². The van der Waals surface area contributed by atoms with E-state index in [4.69, 9.17) is 9.47 Å². The fraction of sp³-hybridized carbons (Fsp3) is 0.389. The monoisotopic (exact) mass is 792 g/mol. The van der Waals surface area contributed by atoms with E-state index in [-0.39, 0.29) is 46.7 Å². The van der Waals surface area contributed by atoms with Crippen molar-refractivity contribution < 1.29 is 45.4 Å². The predicted molar refractivity (Wildman–Crippen MR) is 190 cm³/mol. The number of nitrogens with zero attached hydrogens (tertiary/aromatic N) is 6. The molecule has 2 saturated heterocycles. The van der Waals surface area contributed by atoms with Gasteiger partial charge in [0.25, 0.3) is 11.1 Å². The lowest BCUT2D eigenvalue weighted by Crippen LogP contribution is -2.44. The number of carbonyl (C=O) groups excluding carboxylic acids is 2. The number of rotatable bonds is 6. The van der Waals surface area contributed by atoms with Crippen LogP contribution in [0.5, 0.6) is 11.5 Å². The first kappa shape index (κ1) is 41.1. The number of benzene rings is 2. The molecule has 6 rings (SSSR count). The van der Waals surface area contributed by atoms with Gasteiger partial charge in [-0.2, -0.15) is 36.5 Å². The molecule has 0 aliphatic carbocycles. The van der Waals surface area contributed by atoms with Gasteiger partial charge in [0.05, 0.1) is 11.1 Å². The fourth-order valence-corrected chi connectivity index (χ4v) is 5.77. The van der Waals surface area contributed by atoms with Crippen LogP contribution in [-0.2, 0) is 26.4 Å². The summed E-state index contributed by atoms with van der Waals surface area (Å²) in [6.45, 7) is 1.53. The van der Waals surface area contributed by atoms with Crippen LogP contribution < -0.4 is 31.2 Å². The van der Waals surface area contributed by atoms with Gasteiger partial charge in [-0.1, -0.05) is 12.1 Å². The highest BCUT2D eigenvalue weighted by molar-refractivity contribution is 5.88. The number of hydrogen-bond donors (Lipinski definition) is 2. The molecule has 2 aliphatic heterocycles. The molecular weight excluding hydrogens is 754 g/mol. The van der Waals surface area contributed by atoms with Gasteiger partial charge in [-0.3, -0.25) is 20.2 Å². The van der Waals surface area contributed by atoms with Gasteiger partial charge in [-0.15, -0.1) is 0 Å². The number of halogens is 6. The molecular formula is C36H38F6N8O6. The number of urea groups is 2. The molecule has 2 aromatic carbocycles. The number of piperidine rings is 2. The average Bonchev–Trinajstić information content (AvgIpc) is 3.15. The maximum Gasteiger partial charge on any atom is 0.419 e. The Hall–Kier alpha value is -6.08. The number of anilines is 2. The van der Waals surface area contributed by atoms with E-state index in [0.717, 1.165) is 27.6 Å². The van der Waals surface area contributed by atoms with E-state index in [2.05, 4.69) is 20.8 Å². The Balaban J connectivity index is 0.000000214. The number of alkyl halides is 6. The molecule has 300 valence electrons. The molecule has 14 nitrogen and oxygen atoms in total. The number of ether oxygens (including phenoxy) is 2. The van der Waals surface area contributed by atoms with Gasteiger partial charge in [0.1, 0.15) is 23.7 Å². The Labute approximate surface area is 315 Å². The molecule has 2 fully saturated rings. The van der Waals surface area contributed by atoms with E-state index in [1.54, 1.807) is 4.90 Å². The smallest absolute Gasteiger partial charge is 0.419 e. The summed E-state index contributed by atoms with van der Waals surface area (Å²) in [6.07, 6.45) is -7.55. The summed E-state index contributed by atoms with van der Waals surface area (Å²) in [5, 5.41) is 13.1. The molecule has 0 unspecified atom stereocenters. The number of aryl methyl sites for hydroxylation is 2. The summed E-state index contributed by atoms with van der Waals surface area (Å²) in [6, 6.07) is 14.4. The lowest BCUT2D eigenvalue weighted by molar-refractivity contribution is -0.139. The second-order valence-corrected chi connectivity index (χ2v) is 12.8. The topological polar surface area (TPSA) is 153 Å². The lowest BCUT2D eigenvalue weighted by Gasteiger charge is -2.32. The van der Waals surface area contributed by atoms with Gasteiger partial charge in [-0.05, 0) is 48.5 Å². The SMILES string of the molecule is Cn1nc(NC(=O)N2CCC(Oc3ccc(C(F)(F)F)cc3)CC2)ccc1=O.Cn1nc(NC(=O)N2CCC(Oc3ccccc3C(F)(F)F)CC2)ccc1=O. The molecule has 56 heavy (non-hydrogen) atoms. The van der Waals surface area contributed by atoms with Crippen molar-refractivity contribution in [3.05, 3.63) is 105 Å². The van der Waals surface area contributed by atoms with Crippen LogP contribution in [0.1, 0.15) is 36.8 Å². The predicted octanol–water partition coefficient (Wildman–Crippen LogP) is 5.75. The normalized spacial score (nSPS) is 15.4. The average molecular weight is 793 g/mol. The van der Waals surface area contributed by atoms with Crippen molar-refractivity contribution in [2.75, 3.05) is 36.8 Å². The van der Waals surface area contributed by atoms with E-state index in [9.17, 15) is 45.5 Å². The molecule has 0 spiro atoms. The minimum Gasteiger partial charge on any atom is -0.490 e.